The van der Waals surface area contributed by atoms with E-state index in [2.05, 4.69) is 24.4 Å². The number of hydrogen-bond donors (Lipinski definition) is 1. The Balaban J connectivity index is 1.53. The second-order valence-corrected chi connectivity index (χ2v) is 9.44. The van der Waals surface area contributed by atoms with Crippen molar-refractivity contribution in [3.8, 4) is 0 Å². The normalized spacial score (nSPS) is 15.3. The van der Waals surface area contributed by atoms with E-state index in [1.807, 2.05) is 54.6 Å². The fraction of sp³-hybridized carbons (Fsp3) is 0.185. The molecule has 168 valence electrons. The van der Waals surface area contributed by atoms with E-state index in [-0.39, 0.29) is 17.9 Å². The molecule has 1 atom stereocenters. The lowest BCUT2D eigenvalue weighted by atomic mass is 10.0. The summed E-state index contributed by atoms with van der Waals surface area (Å²) in [6.07, 6.45) is 3.42. The molecule has 0 saturated carbocycles. The van der Waals surface area contributed by atoms with Crippen LogP contribution in [0.5, 0.6) is 0 Å². The van der Waals surface area contributed by atoms with Gasteiger partial charge in [0.15, 0.2) is 0 Å². The van der Waals surface area contributed by atoms with Gasteiger partial charge in [-0.15, -0.1) is 0 Å². The number of likely N-dealkylation sites (N-methyl/N-ethyl adjacent to an activating group) is 1. The minimum absolute atomic E-state index is 0.0369. The Bertz CT molecular complexity index is 1210. The molecule has 0 radical (unpaired) electrons. The van der Waals surface area contributed by atoms with E-state index >= 15 is 0 Å². The zero-order chi connectivity index (χ0) is 23.4. The Morgan fingerprint density at radius 1 is 1.09 bits per heavy atom. The first-order valence-electron chi connectivity index (χ1n) is 10.9. The third kappa shape index (κ3) is 5.32. The Morgan fingerprint density at radius 3 is 2.55 bits per heavy atom. The van der Waals surface area contributed by atoms with Gasteiger partial charge in [0.2, 0.25) is 0 Å². The topological polar surface area (TPSA) is 49.4 Å². The van der Waals surface area contributed by atoms with Crippen molar-refractivity contribution in [3.63, 3.8) is 0 Å². The van der Waals surface area contributed by atoms with Crippen LogP contribution in [0.25, 0.3) is 6.08 Å². The average molecular weight is 477 g/mol. The Kier molecular flexibility index (Phi) is 7.21. The Hall–Kier alpha value is -3.02. The van der Waals surface area contributed by atoms with E-state index in [0.717, 1.165) is 29.0 Å². The molecule has 1 N–H and O–H groups in total. The summed E-state index contributed by atoms with van der Waals surface area (Å²) in [5.41, 5.74) is 3.26. The number of thioether (sulfide) groups is 1. The van der Waals surface area contributed by atoms with Crippen LogP contribution >= 0.6 is 23.4 Å². The molecule has 0 bridgehead atoms. The zero-order valence-electron chi connectivity index (χ0n) is 18.5. The molecule has 0 aromatic heterocycles. The highest BCUT2D eigenvalue weighted by molar-refractivity contribution is 8.04. The molecule has 0 spiro atoms. The first kappa shape index (κ1) is 23.1. The third-order valence-electron chi connectivity index (χ3n) is 5.66. The van der Waals surface area contributed by atoms with Gasteiger partial charge in [-0.05, 0) is 54.3 Å². The van der Waals surface area contributed by atoms with Crippen LogP contribution in [0.15, 0.2) is 82.6 Å². The van der Waals surface area contributed by atoms with Crippen molar-refractivity contribution in [2.24, 2.45) is 0 Å². The maximum atomic E-state index is 13.0. The van der Waals surface area contributed by atoms with Gasteiger partial charge in [-0.2, -0.15) is 0 Å². The number of fused-ring (bicyclic) bond motifs is 1. The molecule has 1 aliphatic rings. The third-order valence-corrected chi connectivity index (χ3v) is 7.08. The molecule has 2 amide bonds. The van der Waals surface area contributed by atoms with E-state index in [1.54, 1.807) is 24.1 Å². The predicted octanol–water partition coefficient (Wildman–Crippen LogP) is 6.20. The van der Waals surface area contributed by atoms with E-state index in [9.17, 15) is 9.59 Å². The number of amides is 2. The molecular formula is C27H25ClN2O2S. The quantitative estimate of drug-likeness (QED) is 0.431. The summed E-state index contributed by atoms with van der Waals surface area (Å²) in [5, 5.41) is 3.73. The average Bonchev–Trinajstić information content (AvgIpc) is 2.83. The van der Waals surface area contributed by atoms with Crippen molar-refractivity contribution in [2.45, 2.75) is 30.7 Å². The highest BCUT2D eigenvalue weighted by Crippen LogP contribution is 2.42. The Labute approximate surface area is 203 Å². The molecule has 3 aromatic carbocycles. The molecule has 0 saturated heterocycles. The fourth-order valence-corrected chi connectivity index (χ4v) is 5.01. The molecule has 1 aliphatic heterocycles. The second-order valence-electron chi connectivity index (χ2n) is 7.95. The van der Waals surface area contributed by atoms with Gasteiger partial charge in [0.05, 0.1) is 10.6 Å². The summed E-state index contributed by atoms with van der Waals surface area (Å²) in [7, 11) is 1.73. The predicted molar refractivity (Wildman–Crippen MR) is 137 cm³/mol. The van der Waals surface area contributed by atoms with Gasteiger partial charge in [-0.3, -0.25) is 9.59 Å². The van der Waals surface area contributed by atoms with E-state index in [1.165, 1.54) is 17.3 Å². The molecule has 1 heterocycles. The number of benzene rings is 3. The molecule has 3 aromatic rings. The van der Waals surface area contributed by atoms with Crippen molar-refractivity contribution in [3.05, 3.63) is 99.4 Å². The van der Waals surface area contributed by atoms with Gasteiger partial charge >= 0.3 is 0 Å². The number of rotatable bonds is 6. The van der Waals surface area contributed by atoms with Gasteiger partial charge in [0, 0.05) is 28.6 Å². The maximum Gasteiger partial charge on any atom is 0.264 e. The maximum absolute atomic E-state index is 13.0. The number of carbonyl (C=O) groups is 2. The van der Waals surface area contributed by atoms with Gasteiger partial charge in [-0.1, -0.05) is 78.8 Å². The molecular weight excluding hydrogens is 452 g/mol. The molecule has 6 heteroatoms. The molecule has 33 heavy (non-hydrogen) atoms. The first-order valence-corrected chi connectivity index (χ1v) is 12.1. The summed E-state index contributed by atoms with van der Waals surface area (Å²) in [6.45, 7) is 2.07. The van der Waals surface area contributed by atoms with Gasteiger partial charge < -0.3 is 10.2 Å². The van der Waals surface area contributed by atoms with Crippen LogP contribution in [0.4, 0.5) is 5.69 Å². The summed E-state index contributed by atoms with van der Waals surface area (Å²) >= 11 is 7.66. The van der Waals surface area contributed by atoms with Crippen LogP contribution in [0.3, 0.4) is 0 Å². The van der Waals surface area contributed by atoms with Crippen LogP contribution in [-0.2, 0) is 11.2 Å². The van der Waals surface area contributed by atoms with Crippen molar-refractivity contribution in [1.82, 2.24) is 5.32 Å². The Morgan fingerprint density at radius 2 is 1.82 bits per heavy atom. The monoisotopic (exact) mass is 476 g/mol. The van der Waals surface area contributed by atoms with E-state index in [4.69, 9.17) is 11.6 Å². The number of carbonyl (C=O) groups excluding carboxylic acids is 2. The number of nitrogens with one attached hydrogen (secondary N) is 1. The summed E-state index contributed by atoms with van der Waals surface area (Å²) in [4.78, 5) is 29.1. The van der Waals surface area contributed by atoms with Gasteiger partial charge in [-0.25, -0.2) is 0 Å². The highest BCUT2D eigenvalue weighted by Gasteiger charge is 2.27. The largest absolute Gasteiger partial charge is 0.349 e. The summed E-state index contributed by atoms with van der Waals surface area (Å²) in [5.74, 6) is -0.260. The van der Waals surface area contributed by atoms with Crippen molar-refractivity contribution in [2.75, 3.05) is 11.9 Å². The number of nitrogens with zero attached hydrogens (tertiary/aromatic N) is 1. The lowest BCUT2D eigenvalue weighted by Crippen LogP contribution is -2.36. The van der Waals surface area contributed by atoms with Crippen molar-refractivity contribution >= 4 is 46.9 Å². The van der Waals surface area contributed by atoms with Crippen molar-refractivity contribution in [1.29, 1.82) is 0 Å². The summed E-state index contributed by atoms with van der Waals surface area (Å²) < 4.78 is 0. The minimum Gasteiger partial charge on any atom is -0.349 e. The van der Waals surface area contributed by atoms with Crippen LogP contribution in [0.2, 0.25) is 5.02 Å². The van der Waals surface area contributed by atoms with Crippen molar-refractivity contribution < 1.29 is 9.59 Å². The molecule has 0 aliphatic carbocycles. The fourth-order valence-electron chi connectivity index (χ4n) is 3.73. The molecule has 0 fully saturated rings. The summed E-state index contributed by atoms with van der Waals surface area (Å²) in [6, 6.07) is 23.1. The van der Waals surface area contributed by atoms with Crippen LogP contribution < -0.4 is 10.2 Å². The highest BCUT2D eigenvalue weighted by atomic mass is 35.5. The van der Waals surface area contributed by atoms with Crippen LogP contribution in [0, 0.1) is 0 Å². The molecule has 0 unspecified atom stereocenters. The molecule has 4 nitrogen and oxygen atoms in total. The zero-order valence-corrected chi connectivity index (χ0v) is 20.1. The lowest BCUT2D eigenvalue weighted by molar-refractivity contribution is -0.114. The van der Waals surface area contributed by atoms with Crippen LogP contribution in [-0.4, -0.2) is 24.9 Å². The van der Waals surface area contributed by atoms with E-state index in [0.29, 0.717) is 15.5 Å². The number of hydrogen-bond acceptors (Lipinski definition) is 3. The van der Waals surface area contributed by atoms with E-state index < -0.39 is 0 Å². The van der Waals surface area contributed by atoms with Crippen LogP contribution in [0.1, 0.15) is 34.8 Å². The SMILES string of the molecule is CC[C@H](Cc1ccccc1)NC(=O)c1ccc2c(c1)N(C)C(=O)/C(=C\c1ccccc1Cl)S2. The second kappa shape index (κ2) is 10.3. The minimum atomic E-state index is -0.135. The lowest BCUT2D eigenvalue weighted by Gasteiger charge is -2.27. The first-order chi connectivity index (χ1) is 16.0. The number of halogens is 1. The van der Waals surface area contributed by atoms with Gasteiger partial charge in [0.25, 0.3) is 11.8 Å². The smallest absolute Gasteiger partial charge is 0.264 e. The standard InChI is InChI=1S/C27H25ClN2O2S/c1-3-21(15-18-9-5-4-6-10-18)29-26(31)20-13-14-24-23(16-20)30(2)27(32)25(33-24)17-19-11-7-8-12-22(19)28/h4-14,16-17,21H,3,15H2,1-2H3,(H,29,31)/b25-17+/t21-/m1/s1. The molecule has 4 rings (SSSR count). The van der Waals surface area contributed by atoms with Gasteiger partial charge in [0.1, 0.15) is 0 Å². The number of anilines is 1.